The quantitative estimate of drug-likeness (QED) is 0.693. The van der Waals surface area contributed by atoms with Gasteiger partial charge in [-0.2, -0.15) is 0 Å². The minimum atomic E-state index is -1.29. The Morgan fingerprint density at radius 2 is 1.39 bits per heavy atom. The fourth-order valence-corrected chi connectivity index (χ4v) is 2.65. The topological polar surface area (TPSA) is 98.3 Å². The number of hydrogen-bond acceptors (Lipinski definition) is 4. The molecule has 6 heteroatoms. The average molecular weight is 373 g/mol. The van der Waals surface area contributed by atoms with E-state index in [4.69, 9.17) is 0 Å². The maximum Gasteiger partial charge on any atom is 0.257 e. The molecule has 2 N–H and O–H groups in total. The van der Waals surface area contributed by atoms with Gasteiger partial charge in [0.15, 0.2) is 0 Å². The number of carboxylic acids is 1. The molecular weight excluding hydrogens is 356 g/mol. The highest BCUT2D eigenvalue weighted by Crippen LogP contribution is 2.18. The third-order valence-electron chi connectivity index (χ3n) is 4.03. The Morgan fingerprint density at radius 3 is 2.07 bits per heavy atom. The van der Waals surface area contributed by atoms with E-state index in [-0.39, 0.29) is 17.9 Å². The zero-order valence-electron chi connectivity index (χ0n) is 14.8. The molecule has 0 saturated carbocycles. The smallest absolute Gasteiger partial charge is 0.257 e. The van der Waals surface area contributed by atoms with E-state index in [1.54, 1.807) is 24.3 Å². The van der Waals surface area contributed by atoms with Crippen LogP contribution in [0.1, 0.15) is 26.3 Å². The Morgan fingerprint density at radius 1 is 0.750 bits per heavy atom. The molecule has 0 aliphatic rings. The van der Waals surface area contributed by atoms with Crippen molar-refractivity contribution in [2.24, 2.45) is 0 Å². The van der Waals surface area contributed by atoms with E-state index in [0.29, 0.717) is 16.9 Å². The zero-order chi connectivity index (χ0) is 19.9. The Kier molecular flexibility index (Phi) is 5.81. The predicted octanol–water partition coefficient (Wildman–Crippen LogP) is 2.48. The predicted molar refractivity (Wildman–Crippen MR) is 104 cm³/mol. The molecule has 28 heavy (non-hydrogen) atoms. The van der Waals surface area contributed by atoms with Crippen LogP contribution in [0.2, 0.25) is 0 Å². The van der Waals surface area contributed by atoms with Crippen LogP contribution in [-0.4, -0.2) is 17.8 Å². The lowest BCUT2D eigenvalue weighted by atomic mass is 10.1. The van der Waals surface area contributed by atoms with E-state index in [2.05, 4.69) is 10.6 Å². The standard InChI is InChI=1S/C22H18N2O4/c25-20(14-15-6-2-1-3-7-15)24-19-9-5-4-8-18(19)21(26)23-17-12-10-16(11-13-17)22(27)28/h1-13H,14H2,(H,23,26)(H,24,25)(H,27,28)/p-1. The Labute approximate surface area is 161 Å². The van der Waals surface area contributed by atoms with Crippen LogP contribution >= 0.6 is 0 Å². The molecule has 0 saturated heterocycles. The molecule has 0 unspecified atom stereocenters. The minimum absolute atomic E-state index is 0.0200. The maximum absolute atomic E-state index is 12.6. The fourth-order valence-electron chi connectivity index (χ4n) is 2.65. The van der Waals surface area contributed by atoms with Gasteiger partial charge in [0.05, 0.1) is 23.6 Å². The van der Waals surface area contributed by atoms with Gasteiger partial charge in [0.25, 0.3) is 5.91 Å². The van der Waals surface area contributed by atoms with Gasteiger partial charge < -0.3 is 20.5 Å². The summed E-state index contributed by atoms with van der Waals surface area (Å²) in [5, 5.41) is 16.2. The van der Waals surface area contributed by atoms with Crippen LogP contribution in [0, 0.1) is 0 Å². The van der Waals surface area contributed by atoms with Gasteiger partial charge in [0, 0.05) is 5.69 Å². The summed E-state index contributed by atoms with van der Waals surface area (Å²) in [7, 11) is 0. The number of para-hydroxylation sites is 1. The Hall–Kier alpha value is -3.93. The van der Waals surface area contributed by atoms with Crippen LogP contribution in [-0.2, 0) is 11.2 Å². The molecule has 0 aliphatic heterocycles. The number of carbonyl (C=O) groups is 3. The maximum atomic E-state index is 12.6. The van der Waals surface area contributed by atoms with Gasteiger partial charge in [-0.1, -0.05) is 54.6 Å². The third-order valence-corrected chi connectivity index (χ3v) is 4.03. The summed E-state index contributed by atoms with van der Waals surface area (Å²) < 4.78 is 0. The van der Waals surface area contributed by atoms with E-state index < -0.39 is 11.9 Å². The van der Waals surface area contributed by atoms with E-state index in [1.165, 1.54) is 24.3 Å². The first-order valence-electron chi connectivity index (χ1n) is 8.58. The summed E-state index contributed by atoms with van der Waals surface area (Å²) in [6.07, 6.45) is 0.196. The van der Waals surface area contributed by atoms with Gasteiger partial charge in [0.2, 0.25) is 5.91 Å². The lowest BCUT2D eigenvalue weighted by Crippen LogP contribution is -2.22. The van der Waals surface area contributed by atoms with Gasteiger partial charge in [0.1, 0.15) is 0 Å². The molecule has 140 valence electrons. The van der Waals surface area contributed by atoms with Crippen LogP contribution in [0.3, 0.4) is 0 Å². The van der Waals surface area contributed by atoms with Crippen molar-refractivity contribution >= 4 is 29.2 Å². The number of nitrogens with one attached hydrogen (secondary N) is 2. The largest absolute Gasteiger partial charge is 0.545 e. The number of anilines is 2. The van der Waals surface area contributed by atoms with E-state index in [0.717, 1.165) is 5.56 Å². The Bertz CT molecular complexity index is 999. The lowest BCUT2D eigenvalue weighted by Gasteiger charge is -2.12. The molecule has 3 aromatic carbocycles. The number of benzene rings is 3. The summed E-state index contributed by atoms with van der Waals surface area (Å²) in [6, 6.07) is 21.6. The van der Waals surface area contributed by atoms with E-state index in [9.17, 15) is 19.5 Å². The second-order valence-corrected chi connectivity index (χ2v) is 6.08. The van der Waals surface area contributed by atoms with Crippen molar-refractivity contribution in [1.29, 1.82) is 0 Å². The summed E-state index contributed by atoms with van der Waals surface area (Å²) in [5.74, 6) is -1.94. The third kappa shape index (κ3) is 4.82. The number of carbonyl (C=O) groups excluding carboxylic acids is 3. The number of amides is 2. The van der Waals surface area contributed by atoms with Crippen LogP contribution in [0.5, 0.6) is 0 Å². The van der Waals surface area contributed by atoms with Gasteiger partial charge in [-0.15, -0.1) is 0 Å². The second kappa shape index (κ2) is 8.64. The van der Waals surface area contributed by atoms with Crippen molar-refractivity contribution in [1.82, 2.24) is 0 Å². The second-order valence-electron chi connectivity index (χ2n) is 6.08. The van der Waals surface area contributed by atoms with Crippen molar-refractivity contribution < 1.29 is 19.5 Å². The molecule has 3 aromatic rings. The number of hydrogen-bond donors (Lipinski definition) is 2. The molecule has 0 bridgehead atoms. The highest BCUT2D eigenvalue weighted by molar-refractivity contribution is 6.10. The van der Waals surface area contributed by atoms with E-state index >= 15 is 0 Å². The van der Waals surface area contributed by atoms with Crippen molar-refractivity contribution in [2.75, 3.05) is 10.6 Å². The van der Waals surface area contributed by atoms with Gasteiger partial charge >= 0.3 is 0 Å². The Balaban J connectivity index is 1.71. The normalized spacial score (nSPS) is 10.1. The van der Waals surface area contributed by atoms with Gasteiger partial charge in [-0.25, -0.2) is 0 Å². The van der Waals surface area contributed by atoms with Crippen molar-refractivity contribution in [3.05, 3.63) is 95.6 Å². The SMILES string of the molecule is O=C(Cc1ccccc1)Nc1ccccc1C(=O)Nc1ccc(C(=O)[O-])cc1. The first-order valence-corrected chi connectivity index (χ1v) is 8.58. The highest BCUT2D eigenvalue weighted by Gasteiger charge is 2.13. The molecule has 2 amide bonds. The van der Waals surface area contributed by atoms with Crippen LogP contribution in [0.25, 0.3) is 0 Å². The zero-order valence-corrected chi connectivity index (χ0v) is 14.8. The summed E-state index contributed by atoms with van der Waals surface area (Å²) >= 11 is 0. The van der Waals surface area contributed by atoms with Crippen molar-refractivity contribution in [3.8, 4) is 0 Å². The molecule has 0 fully saturated rings. The molecule has 6 nitrogen and oxygen atoms in total. The molecule has 0 spiro atoms. The lowest BCUT2D eigenvalue weighted by molar-refractivity contribution is -0.255. The number of rotatable bonds is 6. The summed E-state index contributed by atoms with van der Waals surface area (Å²) in [5.41, 5.74) is 2.02. The van der Waals surface area contributed by atoms with E-state index in [1.807, 2.05) is 30.3 Å². The number of carboxylic acid groups (broad SMARTS) is 1. The van der Waals surface area contributed by atoms with Crippen LogP contribution < -0.4 is 15.7 Å². The van der Waals surface area contributed by atoms with Crippen molar-refractivity contribution in [2.45, 2.75) is 6.42 Å². The molecule has 3 rings (SSSR count). The monoisotopic (exact) mass is 373 g/mol. The molecule has 0 heterocycles. The highest BCUT2D eigenvalue weighted by atomic mass is 16.4. The first kappa shape index (κ1) is 18.8. The molecule has 0 radical (unpaired) electrons. The number of aromatic carboxylic acids is 1. The summed E-state index contributed by atoms with van der Waals surface area (Å²) in [6.45, 7) is 0. The first-order chi connectivity index (χ1) is 13.5. The molecule has 0 atom stereocenters. The van der Waals surface area contributed by atoms with Gasteiger partial charge in [-0.3, -0.25) is 9.59 Å². The molecule has 0 aromatic heterocycles. The fraction of sp³-hybridized carbons (Fsp3) is 0.0455. The minimum Gasteiger partial charge on any atom is -0.545 e. The summed E-state index contributed by atoms with van der Waals surface area (Å²) in [4.78, 5) is 35.7. The molecular formula is C22H17N2O4-. The van der Waals surface area contributed by atoms with Crippen LogP contribution in [0.15, 0.2) is 78.9 Å². The van der Waals surface area contributed by atoms with Crippen molar-refractivity contribution in [3.63, 3.8) is 0 Å². The average Bonchev–Trinajstić information content (AvgIpc) is 2.69. The van der Waals surface area contributed by atoms with Crippen LogP contribution in [0.4, 0.5) is 11.4 Å². The molecule has 0 aliphatic carbocycles. The van der Waals surface area contributed by atoms with Gasteiger partial charge in [-0.05, 0) is 35.4 Å².